The van der Waals surface area contributed by atoms with Crippen molar-refractivity contribution in [2.75, 3.05) is 25.1 Å². The number of carbonyl (C=O) groups is 1. The summed E-state index contributed by atoms with van der Waals surface area (Å²) in [5, 5.41) is 12.4. The third kappa shape index (κ3) is 7.01. The van der Waals surface area contributed by atoms with Gasteiger partial charge in [0.05, 0.1) is 10.5 Å². The number of hydrogen-bond acceptors (Lipinski definition) is 5. The Labute approximate surface area is 149 Å². The third-order valence-corrected chi connectivity index (χ3v) is 5.18. The summed E-state index contributed by atoms with van der Waals surface area (Å²) in [6.45, 7) is 7.42. The molecule has 0 radical (unpaired) electrons. The van der Waals surface area contributed by atoms with Crippen molar-refractivity contribution in [3.63, 3.8) is 0 Å². The van der Waals surface area contributed by atoms with E-state index >= 15 is 0 Å². The van der Waals surface area contributed by atoms with E-state index in [1.807, 2.05) is 13.8 Å². The number of nitrogens with one attached hydrogen (secondary N) is 2. The molecule has 0 amide bonds. The summed E-state index contributed by atoms with van der Waals surface area (Å²) in [5.41, 5.74) is 0.326. The van der Waals surface area contributed by atoms with Crippen LogP contribution < -0.4 is 10.0 Å². The second-order valence-corrected chi connectivity index (χ2v) is 7.51. The Morgan fingerprint density at radius 3 is 2.64 bits per heavy atom. The zero-order valence-electron chi connectivity index (χ0n) is 15.0. The highest BCUT2D eigenvalue weighted by atomic mass is 32.2. The van der Waals surface area contributed by atoms with Gasteiger partial charge >= 0.3 is 5.97 Å². The minimum Gasteiger partial charge on any atom is -0.478 e. The monoisotopic (exact) mass is 372 g/mol. The first-order valence-corrected chi connectivity index (χ1v) is 10.0. The van der Waals surface area contributed by atoms with E-state index in [9.17, 15) is 18.3 Å². The van der Waals surface area contributed by atoms with E-state index in [1.54, 1.807) is 6.92 Å². The van der Waals surface area contributed by atoms with E-state index in [0.717, 1.165) is 12.8 Å². The number of benzene rings is 1. The van der Waals surface area contributed by atoms with Crippen LogP contribution in [0.2, 0.25) is 0 Å². The Bertz CT molecular complexity index is 661. The molecule has 0 bridgehead atoms. The highest BCUT2D eigenvalue weighted by Crippen LogP contribution is 2.21. The zero-order valence-corrected chi connectivity index (χ0v) is 15.9. The second-order valence-electron chi connectivity index (χ2n) is 5.80. The first-order valence-electron chi connectivity index (χ1n) is 8.53. The lowest BCUT2D eigenvalue weighted by Gasteiger charge is -2.15. The van der Waals surface area contributed by atoms with Crippen LogP contribution in [0.1, 0.15) is 50.4 Å². The van der Waals surface area contributed by atoms with Gasteiger partial charge in [-0.25, -0.2) is 17.9 Å². The van der Waals surface area contributed by atoms with Crippen molar-refractivity contribution in [1.82, 2.24) is 4.72 Å². The molecule has 142 valence electrons. The number of rotatable bonds is 12. The number of carboxylic acids is 1. The molecule has 25 heavy (non-hydrogen) atoms. The van der Waals surface area contributed by atoms with Crippen LogP contribution in [0.25, 0.3) is 0 Å². The largest absolute Gasteiger partial charge is 0.478 e. The second kappa shape index (κ2) is 10.4. The summed E-state index contributed by atoms with van der Waals surface area (Å²) in [6.07, 6.45) is 2.29. The van der Waals surface area contributed by atoms with Gasteiger partial charge in [-0.3, -0.25) is 0 Å². The minimum atomic E-state index is -3.75. The molecule has 0 spiro atoms. The van der Waals surface area contributed by atoms with Crippen LogP contribution in [-0.2, 0) is 14.8 Å². The molecule has 0 aromatic heterocycles. The topological polar surface area (TPSA) is 105 Å². The molecule has 0 aliphatic rings. The summed E-state index contributed by atoms with van der Waals surface area (Å²) in [6, 6.07) is 3.88. The van der Waals surface area contributed by atoms with Crippen molar-refractivity contribution >= 4 is 21.7 Å². The lowest BCUT2D eigenvalue weighted by Crippen LogP contribution is -2.32. The maximum Gasteiger partial charge on any atom is 0.337 e. The molecule has 0 aliphatic heterocycles. The Balaban J connectivity index is 2.91. The fraction of sp³-hybridized carbons (Fsp3) is 0.588. The summed E-state index contributed by atoms with van der Waals surface area (Å²) in [7, 11) is -3.75. The maximum absolute atomic E-state index is 12.4. The SMILES string of the molecule is CCC[C@H](C)NS(=O)(=O)c1ccc(NCCCOCC)c(C(=O)O)c1. The van der Waals surface area contributed by atoms with Crippen LogP contribution in [0, 0.1) is 0 Å². The fourth-order valence-corrected chi connectivity index (χ4v) is 3.69. The van der Waals surface area contributed by atoms with Gasteiger partial charge in [0, 0.05) is 31.5 Å². The Hall–Kier alpha value is -1.64. The summed E-state index contributed by atoms with van der Waals surface area (Å²) < 4.78 is 32.6. The number of sulfonamides is 1. The number of ether oxygens (including phenoxy) is 1. The van der Waals surface area contributed by atoms with E-state index in [-0.39, 0.29) is 16.5 Å². The van der Waals surface area contributed by atoms with Crippen LogP contribution in [-0.4, -0.2) is 45.3 Å². The fourth-order valence-electron chi connectivity index (χ4n) is 2.39. The van der Waals surface area contributed by atoms with Gasteiger partial charge in [0.25, 0.3) is 0 Å². The van der Waals surface area contributed by atoms with Gasteiger partial charge in [-0.15, -0.1) is 0 Å². The first-order chi connectivity index (χ1) is 11.8. The van der Waals surface area contributed by atoms with Crippen LogP contribution >= 0.6 is 0 Å². The number of anilines is 1. The van der Waals surface area contributed by atoms with Crippen molar-refractivity contribution in [2.24, 2.45) is 0 Å². The van der Waals surface area contributed by atoms with Gasteiger partial charge in [-0.1, -0.05) is 13.3 Å². The molecule has 0 fully saturated rings. The Kier molecular flexibility index (Phi) is 8.88. The van der Waals surface area contributed by atoms with E-state index in [2.05, 4.69) is 10.0 Å². The first kappa shape index (κ1) is 21.4. The highest BCUT2D eigenvalue weighted by molar-refractivity contribution is 7.89. The molecular formula is C17H28N2O5S. The average Bonchev–Trinajstić information content (AvgIpc) is 2.54. The Morgan fingerprint density at radius 2 is 2.04 bits per heavy atom. The third-order valence-electron chi connectivity index (χ3n) is 3.59. The number of aromatic carboxylic acids is 1. The highest BCUT2D eigenvalue weighted by Gasteiger charge is 2.20. The van der Waals surface area contributed by atoms with Crippen molar-refractivity contribution in [2.45, 2.75) is 51.0 Å². The molecule has 1 rings (SSSR count). The van der Waals surface area contributed by atoms with Crippen molar-refractivity contribution in [3.8, 4) is 0 Å². The zero-order chi connectivity index (χ0) is 18.9. The predicted molar refractivity (Wildman–Crippen MR) is 97.7 cm³/mol. The molecule has 1 aromatic carbocycles. The van der Waals surface area contributed by atoms with Gasteiger partial charge in [-0.2, -0.15) is 0 Å². The minimum absolute atomic E-state index is 0.0484. The summed E-state index contributed by atoms with van der Waals surface area (Å²) >= 11 is 0. The van der Waals surface area contributed by atoms with E-state index in [4.69, 9.17) is 4.74 Å². The van der Waals surface area contributed by atoms with Crippen LogP contribution in [0.15, 0.2) is 23.1 Å². The van der Waals surface area contributed by atoms with Gasteiger partial charge in [0.15, 0.2) is 0 Å². The molecule has 7 nitrogen and oxygen atoms in total. The van der Waals surface area contributed by atoms with E-state index in [1.165, 1.54) is 18.2 Å². The lowest BCUT2D eigenvalue weighted by molar-refractivity contribution is 0.0697. The average molecular weight is 372 g/mol. The van der Waals surface area contributed by atoms with Crippen LogP contribution in [0.5, 0.6) is 0 Å². The van der Waals surface area contributed by atoms with E-state index in [0.29, 0.717) is 31.9 Å². The number of hydrogen-bond donors (Lipinski definition) is 3. The maximum atomic E-state index is 12.4. The molecule has 0 heterocycles. The van der Waals surface area contributed by atoms with Crippen molar-refractivity contribution in [1.29, 1.82) is 0 Å². The Morgan fingerprint density at radius 1 is 1.32 bits per heavy atom. The lowest BCUT2D eigenvalue weighted by atomic mass is 10.2. The van der Waals surface area contributed by atoms with Gasteiger partial charge in [0.1, 0.15) is 0 Å². The molecule has 0 saturated heterocycles. The molecule has 1 atom stereocenters. The smallest absolute Gasteiger partial charge is 0.337 e. The predicted octanol–water partition coefficient (Wildman–Crippen LogP) is 2.69. The van der Waals surface area contributed by atoms with Gasteiger partial charge in [0.2, 0.25) is 10.0 Å². The molecule has 0 aliphatic carbocycles. The molecule has 1 aromatic rings. The van der Waals surface area contributed by atoms with Gasteiger partial charge in [-0.05, 0) is 44.9 Å². The summed E-state index contributed by atoms with van der Waals surface area (Å²) in [5.74, 6) is -1.18. The van der Waals surface area contributed by atoms with Gasteiger partial charge < -0.3 is 15.2 Å². The van der Waals surface area contributed by atoms with Crippen molar-refractivity contribution < 1.29 is 23.1 Å². The molecule has 3 N–H and O–H groups in total. The standard InChI is InChI=1S/C17H28N2O5S/c1-4-7-13(3)19-25(22,23)14-8-9-16(15(12-14)17(20)21)18-10-6-11-24-5-2/h8-9,12-13,18-19H,4-7,10-11H2,1-3H3,(H,20,21)/t13-/m0/s1. The van der Waals surface area contributed by atoms with E-state index < -0.39 is 16.0 Å². The quantitative estimate of drug-likeness (QED) is 0.487. The van der Waals surface area contributed by atoms with Crippen LogP contribution in [0.3, 0.4) is 0 Å². The molecular weight excluding hydrogens is 344 g/mol. The van der Waals surface area contributed by atoms with Crippen molar-refractivity contribution in [3.05, 3.63) is 23.8 Å². The molecule has 8 heteroatoms. The summed E-state index contributed by atoms with van der Waals surface area (Å²) in [4.78, 5) is 11.4. The molecule has 0 saturated carbocycles. The number of carboxylic acid groups (broad SMARTS) is 1. The van der Waals surface area contributed by atoms with Crippen LogP contribution in [0.4, 0.5) is 5.69 Å². The molecule has 0 unspecified atom stereocenters. The normalized spacial score (nSPS) is 12.8.